The van der Waals surface area contributed by atoms with Crippen LogP contribution in [0.25, 0.3) is 10.1 Å². The van der Waals surface area contributed by atoms with E-state index in [-0.39, 0.29) is 0 Å². The molecule has 0 amide bonds. The van der Waals surface area contributed by atoms with E-state index in [0.29, 0.717) is 0 Å². The monoisotopic (exact) mass is 187 g/mol. The fourth-order valence-corrected chi connectivity index (χ4v) is 2.62. The summed E-state index contributed by atoms with van der Waals surface area (Å²) < 4.78 is 1.41. The molecule has 0 atom stereocenters. The maximum absolute atomic E-state index is 2.36. The van der Waals surface area contributed by atoms with Crippen molar-refractivity contribution < 1.29 is 0 Å². The van der Waals surface area contributed by atoms with E-state index >= 15 is 0 Å². The van der Waals surface area contributed by atoms with Gasteiger partial charge in [-0.25, -0.2) is 0 Å². The van der Waals surface area contributed by atoms with Gasteiger partial charge in [-0.05, 0) is 53.6 Å². The average molecular weight is 187 g/mol. The lowest BCUT2D eigenvalue weighted by molar-refractivity contribution is 0.541. The third-order valence-electron chi connectivity index (χ3n) is 2.85. The van der Waals surface area contributed by atoms with Gasteiger partial charge in [0.05, 0.1) is 0 Å². The number of benzene rings is 1. The van der Waals surface area contributed by atoms with Crippen LogP contribution in [0, 0.1) is 6.42 Å². The second-order valence-corrected chi connectivity index (χ2v) is 4.62. The molecule has 1 aromatic heterocycles. The summed E-state index contributed by atoms with van der Waals surface area (Å²) in [6.45, 7) is 0. The highest BCUT2D eigenvalue weighted by Crippen LogP contribution is 2.37. The summed E-state index contributed by atoms with van der Waals surface area (Å²) in [7, 11) is 0. The summed E-state index contributed by atoms with van der Waals surface area (Å²) >= 11 is 1.83. The Bertz CT molecular complexity index is 423. The van der Waals surface area contributed by atoms with Gasteiger partial charge in [-0.3, -0.25) is 0 Å². The van der Waals surface area contributed by atoms with Gasteiger partial charge in [0.2, 0.25) is 0 Å². The van der Waals surface area contributed by atoms with Gasteiger partial charge in [-0.2, -0.15) is 0 Å². The van der Waals surface area contributed by atoms with Gasteiger partial charge in [0, 0.05) is 4.70 Å². The predicted octanol–water partition coefficient (Wildman–Crippen LogP) is 3.98. The Hall–Kier alpha value is -0.820. The first-order valence-electron chi connectivity index (χ1n) is 4.72. The Morgan fingerprint density at radius 1 is 1.15 bits per heavy atom. The molecular formula is C12H11S. The zero-order valence-electron chi connectivity index (χ0n) is 7.36. The van der Waals surface area contributed by atoms with E-state index in [1.807, 2.05) is 11.3 Å². The zero-order valence-corrected chi connectivity index (χ0v) is 8.18. The van der Waals surface area contributed by atoms with Gasteiger partial charge in [0.15, 0.2) is 0 Å². The van der Waals surface area contributed by atoms with Gasteiger partial charge in [-0.1, -0.05) is 12.1 Å². The molecule has 1 saturated carbocycles. The summed E-state index contributed by atoms with van der Waals surface area (Å²) in [6.07, 6.45) is 4.91. The van der Waals surface area contributed by atoms with Crippen molar-refractivity contribution in [1.82, 2.24) is 0 Å². The molecule has 0 spiro atoms. The second-order valence-electron chi connectivity index (χ2n) is 3.67. The molecule has 1 aliphatic carbocycles. The molecule has 1 heteroatoms. The number of rotatable bonds is 1. The molecule has 0 saturated heterocycles. The van der Waals surface area contributed by atoms with Gasteiger partial charge in [-0.15, -0.1) is 11.3 Å². The van der Waals surface area contributed by atoms with Crippen LogP contribution in [-0.2, 0) is 0 Å². The SMILES string of the molecule is [CH]1CC(c2ccc3sccc3c2)C1. The number of thiophene rings is 1. The lowest BCUT2D eigenvalue weighted by atomic mass is 9.80. The molecule has 2 aromatic rings. The molecule has 1 aromatic carbocycles. The van der Waals surface area contributed by atoms with Crippen LogP contribution < -0.4 is 0 Å². The number of hydrogen-bond donors (Lipinski definition) is 0. The van der Waals surface area contributed by atoms with Crippen LogP contribution in [0.3, 0.4) is 0 Å². The highest BCUT2D eigenvalue weighted by Gasteiger charge is 2.19. The molecule has 1 radical (unpaired) electrons. The van der Waals surface area contributed by atoms with Gasteiger partial charge in [0.1, 0.15) is 0 Å². The van der Waals surface area contributed by atoms with Gasteiger partial charge >= 0.3 is 0 Å². The van der Waals surface area contributed by atoms with E-state index in [0.717, 1.165) is 5.92 Å². The van der Waals surface area contributed by atoms with Crippen molar-refractivity contribution in [3.05, 3.63) is 41.6 Å². The van der Waals surface area contributed by atoms with Crippen molar-refractivity contribution in [2.75, 3.05) is 0 Å². The fraction of sp³-hybridized carbons (Fsp3) is 0.250. The normalized spacial score (nSPS) is 17.5. The summed E-state index contributed by atoms with van der Waals surface area (Å²) in [6, 6.07) is 9.11. The quantitative estimate of drug-likeness (QED) is 0.633. The molecule has 0 unspecified atom stereocenters. The largest absolute Gasteiger partial charge is 0.144 e. The van der Waals surface area contributed by atoms with E-state index in [1.165, 1.54) is 28.5 Å². The molecule has 65 valence electrons. The van der Waals surface area contributed by atoms with Crippen LogP contribution in [0.4, 0.5) is 0 Å². The van der Waals surface area contributed by atoms with E-state index < -0.39 is 0 Å². The van der Waals surface area contributed by atoms with Crippen LogP contribution in [-0.4, -0.2) is 0 Å². The summed E-state index contributed by atoms with van der Waals surface area (Å²) in [5.74, 6) is 0.810. The van der Waals surface area contributed by atoms with Gasteiger partial charge < -0.3 is 0 Å². The third-order valence-corrected chi connectivity index (χ3v) is 3.75. The highest BCUT2D eigenvalue weighted by atomic mass is 32.1. The molecule has 3 rings (SSSR count). The zero-order chi connectivity index (χ0) is 8.67. The molecule has 1 heterocycles. The third kappa shape index (κ3) is 1.19. The average Bonchev–Trinajstić information content (AvgIpc) is 2.47. The molecule has 0 nitrogen and oxygen atoms in total. The highest BCUT2D eigenvalue weighted by molar-refractivity contribution is 7.17. The molecule has 1 aliphatic rings. The van der Waals surface area contributed by atoms with E-state index in [2.05, 4.69) is 36.1 Å². The van der Waals surface area contributed by atoms with E-state index in [1.54, 1.807) is 0 Å². The van der Waals surface area contributed by atoms with Crippen LogP contribution in [0.15, 0.2) is 29.6 Å². The van der Waals surface area contributed by atoms with Gasteiger partial charge in [0.25, 0.3) is 0 Å². The Morgan fingerprint density at radius 3 is 2.85 bits per heavy atom. The second kappa shape index (κ2) is 2.85. The Labute approximate surface area is 82.2 Å². The van der Waals surface area contributed by atoms with Crippen molar-refractivity contribution in [3.63, 3.8) is 0 Å². The Kier molecular flexibility index (Phi) is 1.66. The van der Waals surface area contributed by atoms with Crippen LogP contribution in [0.2, 0.25) is 0 Å². The lowest BCUT2D eigenvalue weighted by Gasteiger charge is -2.25. The topological polar surface area (TPSA) is 0 Å². The standard InChI is InChI=1S/C12H11S/c1-2-9(3-1)10-4-5-12-11(8-10)6-7-13-12/h1,4-9H,2-3H2. The fourth-order valence-electron chi connectivity index (χ4n) is 1.84. The van der Waals surface area contributed by atoms with Crippen molar-refractivity contribution in [2.45, 2.75) is 18.8 Å². The van der Waals surface area contributed by atoms with Crippen LogP contribution >= 0.6 is 11.3 Å². The van der Waals surface area contributed by atoms with Crippen molar-refractivity contribution in [1.29, 1.82) is 0 Å². The molecular weight excluding hydrogens is 176 g/mol. The maximum atomic E-state index is 2.36. The molecule has 0 bridgehead atoms. The minimum atomic E-state index is 0.810. The van der Waals surface area contributed by atoms with Crippen molar-refractivity contribution in [3.8, 4) is 0 Å². The van der Waals surface area contributed by atoms with E-state index in [9.17, 15) is 0 Å². The first-order valence-corrected chi connectivity index (χ1v) is 5.60. The molecule has 1 fully saturated rings. The minimum absolute atomic E-state index is 0.810. The molecule has 13 heavy (non-hydrogen) atoms. The molecule has 0 N–H and O–H groups in total. The minimum Gasteiger partial charge on any atom is -0.144 e. The maximum Gasteiger partial charge on any atom is 0.0342 e. The smallest absolute Gasteiger partial charge is 0.0342 e. The number of fused-ring (bicyclic) bond motifs is 1. The van der Waals surface area contributed by atoms with Crippen molar-refractivity contribution >= 4 is 21.4 Å². The Balaban J connectivity index is 2.09. The lowest BCUT2D eigenvalue weighted by Crippen LogP contribution is -2.08. The van der Waals surface area contributed by atoms with Crippen LogP contribution in [0.1, 0.15) is 24.3 Å². The first kappa shape index (κ1) is 7.57. The van der Waals surface area contributed by atoms with Crippen LogP contribution in [0.5, 0.6) is 0 Å². The Morgan fingerprint density at radius 2 is 2.08 bits per heavy atom. The summed E-state index contributed by atoms with van der Waals surface area (Å²) in [5, 5.41) is 3.58. The summed E-state index contributed by atoms with van der Waals surface area (Å²) in [5.41, 5.74) is 1.52. The van der Waals surface area contributed by atoms with Crippen molar-refractivity contribution in [2.24, 2.45) is 0 Å². The van der Waals surface area contributed by atoms with E-state index in [4.69, 9.17) is 0 Å². The number of hydrogen-bond acceptors (Lipinski definition) is 1. The first-order chi connectivity index (χ1) is 6.43. The predicted molar refractivity (Wildman–Crippen MR) is 58.1 cm³/mol. The summed E-state index contributed by atoms with van der Waals surface area (Å²) in [4.78, 5) is 0. The molecule has 0 aliphatic heterocycles.